The summed E-state index contributed by atoms with van der Waals surface area (Å²) in [6.07, 6.45) is 0. The van der Waals surface area contributed by atoms with E-state index < -0.39 is 22.0 Å². The Morgan fingerprint density at radius 3 is 2.23 bits per heavy atom. The molecule has 4 rings (SSSR count). The highest BCUT2D eigenvalue weighted by Gasteiger charge is 2.39. The van der Waals surface area contributed by atoms with Crippen molar-refractivity contribution >= 4 is 27.2 Å². The summed E-state index contributed by atoms with van der Waals surface area (Å²) in [6.45, 7) is 1.72. The number of sulfonamides is 1. The summed E-state index contributed by atoms with van der Waals surface area (Å²) in [6, 6.07) is 21.3. The summed E-state index contributed by atoms with van der Waals surface area (Å²) >= 11 is 0. The fraction of sp³-hybridized carbons (Fsp3) is 0.125. The number of amides is 1. The van der Waals surface area contributed by atoms with Gasteiger partial charge in [-0.3, -0.25) is 9.10 Å². The molecular weight excluding hydrogens is 415 g/mol. The van der Waals surface area contributed by atoms with Crippen molar-refractivity contribution in [3.8, 4) is 0 Å². The van der Waals surface area contributed by atoms with E-state index in [2.05, 4.69) is 5.32 Å². The van der Waals surface area contributed by atoms with Crippen LogP contribution in [0.3, 0.4) is 0 Å². The van der Waals surface area contributed by atoms with Crippen molar-refractivity contribution in [2.24, 2.45) is 0 Å². The Bertz CT molecular complexity index is 1270. The summed E-state index contributed by atoms with van der Waals surface area (Å²) < 4.78 is 41.2. The number of hydrogen-bond acceptors (Lipinski definition) is 3. The lowest BCUT2D eigenvalue weighted by Crippen LogP contribution is -2.40. The molecule has 0 spiro atoms. The Morgan fingerprint density at radius 2 is 1.55 bits per heavy atom. The summed E-state index contributed by atoms with van der Waals surface area (Å²) in [5.41, 5.74) is 2.82. The average Bonchev–Trinajstić information content (AvgIpc) is 2.77. The Labute approximate surface area is 180 Å². The van der Waals surface area contributed by atoms with Gasteiger partial charge in [-0.2, -0.15) is 0 Å². The zero-order chi connectivity index (χ0) is 22.2. The maximum absolute atomic E-state index is 13.4. The number of para-hydroxylation sites is 1. The van der Waals surface area contributed by atoms with Gasteiger partial charge in [0.25, 0.3) is 15.9 Å². The van der Waals surface area contributed by atoms with E-state index in [0.717, 1.165) is 4.31 Å². The van der Waals surface area contributed by atoms with Crippen molar-refractivity contribution in [3.05, 3.63) is 106 Å². The third-order valence-electron chi connectivity index (χ3n) is 5.34. The van der Waals surface area contributed by atoms with Crippen molar-refractivity contribution in [1.82, 2.24) is 5.32 Å². The molecule has 1 atom stereocenters. The molecule has 1 aliphatic rings. The van der Waals surface area contributed by atoms with Crippen LogP contribution in [0.15, 0.2) is 83.8 Å². The van der Waals surface area contributed by atoms with Crippen molar-refractivity contribution in [2.45, 2.75) is 13.0 Å². The maximum Gasteiger partial charge on any atom is 0.270 e. The van der Waals surface area contributed by atoms with Gasteiger partial charge in [-0.05, 0) is 36.2 Å². The predicted octanol–water partition coefficient (Wildman–Crippen LogP) is 4.24. The number of nitrogens with one attached hydrogen (secondary N) is 1. The van der Waals surface area contributed by atoms with Crippen LogP contribution in [-0.2, 0) is 14.8 Å². The van der Waals surface area contributed by atoms with Gasteiger partial charge in [0.1, 0.15) is 5.82 Å². The fourth-order valence-corrected chi connectivity index (χ4v) is 5.17. The second-order valence-corrected chi connectivity index (χ2v) is 9.21. The van der Waals surface area contributed by atoms with Gasteiger partial charge in [0.05, 0.1) is 11.7 Å². The molecule has 3 aromatic rings. The van der Waals surface area contributed by atoms with Crippen LogP contribution in [0.4, 0.5) is 10.1 Å². The van der Waals surface area contributed by atoms with Gasteiger partial charge in [0.15, 0.2) is 4.91 Å². The van der Waals surface area contributed by atoms with Crippen LogP contribution >= 0.6 is 0 Å². The highest BCUT2D eigenvalue weighted by Crippen LogP contribution is 2.42. The molecule has 1 aliphatic heterocycles. The molecule has 0 saturated carbocycles. The first-order valence-electron chi connectivity index (χ1n) is 9.75. The summed E-state index contributed by atoms with van der Waals surface area (Å²) in [5.74, 6) is -1.10. The van der Waals surface area contributed by atoms with Crippen LogP contribution in [0.1, 0.15) is 29.7 Å². The zero-order valence-electron chi connectivity index (χ0n) is 17.0. The van der Waals surface area contributed by atoms with Crippen LogP contribution in [0.25, 0.3) is 5.57 Å². The minimum absolute atomic E-state index is 0.311. The number of fused-ring (bicyclic) bond motifs is 1. The lowest BCUT2D eigenvalue weighted by Gasteiger charge is -2.31. The first-order chi connectivity index (χ1) is 14.8. The minimum Gasteiger partial charge on any atom is -0.345 e. The quantitative estimate of drug-likeness (QED) is 0.665. The highest BCUT2D eigenvalue weighted by molar-refractivity contribution is 7.97. The number of halogens is 1. The van der Waals surface area contributed by atoms with Gasteiger partial charge < -0.3 is 5.32 Å². The number of rotatable bonds is 4. The molecule has 1 N–H and O–H groups in total. The van der Waals surface area contributed by atoms with Gasteiger partial charge in [-0.25, -0.2) is 12.8 Å². The highest BCUT2D eigenvalue weighted by atomic mass is 32.2. The zero-order valence-corrected chi connectivity index (χ0v) is 17.9. The van der Waals surface area contributed by atoms with E-state index in [-0.39, 0.29) is 10.7 Å². The Balaban J connectivity index is 1.87. The van der Waals surface area contributed by atoms with Crippen LogP contribution in [0.2, 0.25) is 0 Å². The first-order valence-corrected chi connectivity index (χ1v) is 11.2. The molecule has 1 heterocycles. The third-order valence-corrected chi connectivity index (χ3v) is 7.17. The molecule has 3 aromatic carbocycles. The van der Waals surface area contributed by atoms with E-state index in [1.807, 2.05) is 12.1 Å². The van der Waals surface area contributed by atoms with E-state index in [0.29, 0.717) is 28.0 Å². The SMILES string of the molecule is C[C@@H](NC(=O)C1=C(c2ccccc2)c2ccccc2N(C)S1(=O)=O)c1ccc(F)cc1. The van der Waals surface area contributed by atoms with E-state index in [9.17, 15) is 17.6 Å². The van der Waals surface area contributed by atoms with Crippen molar-refractivity contribution in [2.75, 3.05) is 11.4 Å². The lowest BCUT2D eigenvalue weighted by molar-refractivity contribution is -0.117. The predicted molar refractivity (Wildman–Crippen MR) is 119 cm³/mol. The van der Waals surface area contributed by atoms with E-state index in [1.165, 1.54) is 19.2 Å². The monoisotopic (exact) mass is 436 g/mol. The second-order valence-electron chi connectivity index (χ2n) is 7.31. The number of anilines is 1. The summed E-state index contributed by atoms with van der Waals surface area (Å²) in [5, 5.41) is 2.77. The molecule has 0 aliphatic carbocycles. The molecule has 7 heteroatoms. The molecular formula is C24H21FN2O3S. The number of carbonyl (C=O) groups is 1. The number of hydrogen-bond donors (Lipinski definition) is 1. The molecule has 5 nitrogen and oxygen atoms in total. The molecule has 0 unspecified atom stereocenters. The Kier molecular flexibility index (Phi) is 5.37. The maximum atomic E-state index is 13.4. The van der Waals surface area contributed by atoms with Crippen LogP contribution in [0.5, 0.6) is 0 Å². The summed E-state index contributed by atoms with van der Waals surface area (Å²) in [4.78, 5) is 13.0. The molecule has 31 heavy (non-hydrogen) atoms. The molecule has 0 radical (unpaired) electrons. The van der Waals surface area contributed by atoms with Crippen LogP contribution < -0.4 is 9.62 Å². The molecule has 0 saturated heterocycles. The molecule has 1 amide bonds. The Morgan fingerprint density at radius 1 is 0.935 bits per heavy atom. The second kappa shape index (κ2) is 8.00. The molecule has 158 valence electrons. The van der Waals surface area contributed by atoms with Crippen molar-refractivity contribution in [3.63, 3.8) is 0 Å². The van der Waals surface area contributed by atoms with Gasteiger partial charge in [-0.15, -0.1) is 0 Å². The Hall–Kier alpha value is -3.45. The van der Waals surface area contributed by atoms with Crippen molar-refractivity contribution < 1.29 is 17.6 Å². The number of nitrogens with zero attached hydrogens (tertiary/aromatic N) is 1. The van der Waals surface area contributed by atoms with Crippen LogP contribution in [0, 0.1) is 5.82 Å². The van der Waals surface area contributed by atoms with Crippen molar-refractivity contribution in [1.29, 1.82) is 0 Å². The molecule has 0 fully saturated rings. The average molecular weight is 437 g/mol. The number of carbonyl (C=O) groups excluding carboxylic acids is 1. The standard InChI is InChI=1S/C24H21FN2O3S/c1-16(17-12-14-19(25)15-13-17)26-24(28)23-22(18-8-4-3-5-9-18)20-10-6-7-11-21(20)27(2)31(23,29)30/h3-16H,1-2H3,(H,26,28)/t16-/m1/s1. The van der Waals surface area contributed by atoms with E-state index in [1.54, 1.807) is 61.5 Å². The number of benzene rings is 3. The third kappa shape index (κ3) is 3.72. The van der Waals surface area contributed by atoms with Gasteiger partial charge >= 0.3 is 0 Å². The molecule has 0 bridgehead atoms. The van der Waals surface area contributed by atoms with E-state index in [4.69, 9.17) is 0 Å². The summed E-state index contributed by atoms with van der Waals surface area (Å²) in [7, 11) is -2.67. The smallest absolute Gasteiger partial charge is 0.270 e. The first kappa shape index (κ1) is 20.8. The van der Waals surface area contributed by atoms with Gasteiger partial charge in [0.2, 0.25) is 0 Å². The van der Waals surface area contributed by atoms with Crippen LogP contribution in [-0.4, -0.2) is 21.4 Å². The normalized spacial score (nSPS) is 15.9. The van der Waals surface area contributed by atoms with Gasteiger partial charge in [0, 0.05) is 18.2 Å². The molecule has 0 aromatic heterocycles. The topological polar surface area (TPSA) is 66.5 Å². The largest absolute Gasteiger partial charge is 0.345 e. The lowest BCUT2D eigenvalue weighted by atomic mass is 9.95. The fourth-order valence-electron chi connectivity index (χ4n) is 3.70. The van der Waals surface area contributed by atoms with Gasteiger partial charge in [-0.1, -0.05) is 60.7 Å². The van der Waals surface area contributed by atoms with E-state index >= 15 is 0 Å². The minimum atomic E-state index is -4.11.